The van der Waals surface area contributed by atoms with Crippen molar-refractivity contribution in [1.29, 1.82) is 0 Å². The molecule has 0 aliphatic carbocycles. The lowest BCUT2D eigenvalue weighted by Gasteiger charge is -2.27. The summed E-state index contributed by atoms with van der Waals surface area (Å²) in [5.74, 6) is -0.717. The molecule has 0 fully saturated rings. The molecule has 2 aliphatic heterocycles. The molecule has 0 amide bonds. The Morgan fingerprint density at radius 3 is 2.08 bits per heavy atom. The average Bonchev–Trinajstić information content (AvgIpc) is 3.42. The third-order valence-electron chi connectivity index (χ3n) is 10.2. The summed E-state index contributed by atoms with van der Waals surface area (Å²) in [5.41, 5.74) is 7.72. The van der Waals surface area contributed by atoms with Crippen molar-refractivity contribution in [2.45, 2.75) is 77.6 Å². The maximum Gasteiger partial charge on any atom is 0.303 e. The summed E-state index contributed by atoms with van der Waals surface area (Å²) in [4.78, 5) is 13.5. The van der Waals surface area contributed by atoms with Gasteiger partial charge < -0.3 is 34.0 Å². The molecular weight excluding hydrogens is 715 g/mol. The maximum absolute atomic E-state index is 11.0. The molecule has 0 saturated carbocycles. The van der Waals surface area contributed by atoms with Gasteiger partial charge in [0.1, 0.15) is 6.54 Å². The predicted molar refractivity (Wildman–Crippen MR) is 203 cm³/mol. The number of rotatable bonds is 12. The number of anilines is 1. The van der Waals surface area contributed by atoms with E-state index in [4.69, 9.17) is 5.11 Å². The number of allylic oxidation sites excluding steroid dienone is 8. The molecule has 49 heavy (non-hydrogen) atoms. The second-order valence-corrected chi connectivity index (χ2v) is 14.2. The monoisotopic (exact) mass is 764 g/mol. The van der Waals surface area contributed by atoms with Gasteiger partial charge in [0.15, 0.2) is 5.71 Å². The van der Waals surface area contributed by atoms with Crippen molar-refractivity contribution in [2.75, 3.05) is 18.0 Å². The van der Waals surface area contributed by atoms with E-state index in [0.29, 0.717) is 6.42 Å². The fourth-order valence-corrected chi connectivity index (χ4v) is 7.98. The van der Waals surface area contributed by atoms with Gasteiger partial charge in [-0.1, -0.05) is 112 Å². The van der Waals surface area contributed by atoms with Crippen LogP contribution in [0, 0.1) is 0 Å². The fraction of sp³-hybridized carbons (Fsp3) is 0.318. The van der Waals surface area contributed by atoms with Crippen LogP contribution < -0.4 is 28.9 Å². The highest BCUT2D eigenvalue weighted by molar-refractivity contribution is 6.07. The van der Waals surface area contributed by atoms with Gasteiger partial charge in [0.2, 0.25) is 5.69 Å². The third-order valence-corrected chi connectivity index (χ3v) is 10.2. The van der Waals surface area contributed by atoms with E-state index in [-0.39, 0.29) is 41.2 Å². The van der Waals surface area contributed by atoms with Crippen molar-refractivity contribution >= 4 is 44.6 Å². The minimum atomic E-state index is -0.717. The summed E-state index contributed by atoms with van der Waals surface area (Å²) in [6, 6.07) is 26.4. The number of carboxylic acid groups (broad SMARTS) is 1. The number of carbonyl (C=O) groups is 1. The molecule has 4 aromatic rings. The fourth-order valence-electron chi connectivity index (χ4n) is 7.98. The first-order valence-corrected chi connectivity index (χ1v) is 17.6. The van der Waals surface area contributed by atoms with Gasteiger partial charge >= 0.3 is 5.97 Å². The molecule has 0 spiro atoms. The zero-order chi connectivity index (χ0) is 33.9. The van der Waals surface area contributed by atoms with Crippen LogP contribution in [0.3, 0.4) is 0 Å². The van der Waals surface area contributed by atoms with Crippen LogP contribution in [0.1, 0.15) is 77.8 Å². The van der Waals surface area contributed by atoms with Crippen molar-refractivity contribution in [3.8, 4) is 0 Å². The van der Waals surface area contributed by atoms with Crippen molar-refractivity contribution in [3.63, 3.8) is 0 Å². The lowest BCUT2D eigenvalue weighted by atomic mass is 9.79. The van der Waals surface area contributed by atoms with Gasteiger partial charge in [-0.25, -0.2) is 0 Å². The number of hydrogen-bond acceptors (Lipinski definition) is 2. The number of fused-ring (bicyclic) bond motifs is 6. The Balaban J connectivity index is 0.00000468. The van der Waals surface area contributed by atoms with E-state index in [0.717, 1.165) is 32.4 Å². The van der Waals surface area contributed by atoms with Gasteiger partial charge in [-0.15, -0.1) is 0 Å². The lowest BCUT2D eigenvalue weighted by molar-refractivity contribution is -0.437. The van der Waals surface area contributed by atoms with Crippen LogP contribution in [-0.4, -0.2) is 34.5 Å². The van der Waals surface area contributed by atoms with Crippen molar-refractivity contribution < 1.29 is 38.5 Å². The first-order chi connectivity index (χ1) is 23.2. The first kappa shape index (κ1) is 36.3. The van der Waals surface area contributed by atoms with Crippen LogP contribution in [0.2, 0.25) is 0 Å². The largest absolute Gasteiger partial charge is 1.00 e. The zero-order valence-corrected chi connectivity index (χ0v) is 31.7. The molecule has 0 saturated heterocycles. The van der Waals surface area contributed by atoms with E-state index in [1.165, 1.54) is 55.5 Å². The molecule has 4 aromatic carbocycles. The number of unbranched alkanes of at least 4 members (excludes halogenated alkanes) is 2. The number of carboxylic acids is 1. The van der Waals surface area contributed by atoms with Crippen molar-refractivity contribution in [2.24, 2.45) is 0 Å². The van der Waals surface area contributed by atoms with E-state index in [2.05, 4.69) is 159 Å². The Hall–Kier alpha value is -3.97. The second kappa shape index (κ2) is 15.3. The topological polar surface area (TPSA) is 43.5 Å². The lowest BCUT2D eigenvalue weighted by Crippen LogP contribution is -3.00. The number of hydrogen-bond donors (Lipinski definition) is 1. The Kier molecular flexibility index (Phi) is 11.3. The molecule has 0 radical (unpaired) electrons. The number of halogens is 1. The molecule has 4 nitrogen and oxygen atoms in total. The minimum Gasteiger partial charge on any atom is -1.00 e. The van der Waals surface area contributed by atoms with Crippen molar-refractivity contribution in [3.05, 3.63) is 132 Å². The quantitative estimate of drug-likeness (QED) is 0.0695. The highest BCUT2D eigenvalue weighted by Crippen LogP contribution is 2.51. The molecule has 5 heteroatoms. The van der Waals surface area contributed by atoms with Gasteiger partial charge in [-0.2, -0.15) is 4.58 Å². The average molecular weight is 765 g/mol. The Morgan fingerprint density at radius 2 is 1.39 bits per heavy atom. The Morgan fingerprint density at radius 1 is 0.755 bits per heavy atom. The molecule has 6 rings (SSSR count). The summed E-state index contributed by atoms with van der Waals surface area (Å²) in [5, 5.41) is 14.3. The highest BCUT2D eigenvalue weighted by Gasteiger charge is 2.45. The highest BCUT2D eigenvalue weighted by atomic mass is 127. The van der Waals surface area contributed by atoms with Gasteiger partial charge in [-0.05, 0) is 72.0 Å². The maximum atomic E-state index is 11.0. The zero-order valence-electron chi connectivity index (χ0n) is 29.5. The smallest absolute Gasteiger partial charge is 0.303 e. The second-order valence-electron chi connectivity index (χ2n) is 14.2. The standard InChI is InChI=1S/C44H48N2O2.HI/c1-6-30-45-36-28-26-32-19-14-16-21-34(32)41(36)43(2,3)38(45)23-11-8-7-9-12-24-39-44(4,5)42-35-22-17-15-20-33(35)27-29-37(42)46(39)31-18-10-13-25-40(47)48;/h7-9,11-12,14-17,19-24,26-29H,6,10,13,18,25,30-31H2,1-5H3;1H. The molecular formula is C44H49IN2O2. The van der Waals surface area contributed by atoms with E-state index in [1.807, 2.05) is 0 Å². The van der Waals surface area contributed by atoms with Crippen LogP contribution in [-0.2, 0) is 15.6 Å². The van der Waals surface area contributed by atoms with E-state index < -0.39 is 5.97 Å². The molecule has 2 aliphatic rings. The summed E-state index contributed by atoms with van der Waals surface area (Å²) in [7, 11) is 0. The van der Waals surface area contributed by atoms with Crippen LogP contribution in [0.5, 0.6) is 0 Å². The van der Waals surface area contributed by atoms with Gasteiger partial charge in [0.05, 0.1) is 5.41 Å². The first-order valence-electron chi connectivity index (χ1n) is 17.6. The van der Waals surface area contributed by atoms with Crippen molar-refractivity contribution in [1.82, 2.24) is 0 Å². The molecule has 0 bridgehead atoms. The molecule has 0 atom stereocenters. The molecule has 1 N–H and O–H groups in total. The van der Waals surface area contributed by atoms with Crippen LogP contribution in [0.25, 0.3) is 21.5 Å². The number of benzene rings is 4. The summed E-state index contributed by atoms with van der Waals surface area (Å²) in [6.45, 7) is 13.5. The normalized spacial score (nSPS) is 17.2. The summed E-state index contributed by atoms with van der Waals surface area (Å²) < 4.78 is 2.51. The molecule has 254 valence electrons. The predicted octanol–water partition coefficient (Wildman–Crippen LogP) is 7.78. The van der Waals surface area contributed by atoms with E-state index in [9.17, 15) is 4.79 Å². The SMILES string of the molecule is CCC[N+]1=C(/C=C/C=C/C=C/C=C2N(CCCCCC(=O)O)c3ccc4ccccc4c3C2(C)C)C(C)(C)c2c1ccc1ccccc21.[I-]. The molecule has 0 unspecified atom stereocenters. The van der Waals surface area contributed by atoms with Crippen LogP contribution in [0.4, 0.5) is 11.4 Å². The summed E-state index contributed by atoms with van der Waals surface area (Å²) in [6.07, 6.45) is 19.1. The van der Waals surface area contributed by atoms with Gasteiger partial charge in [0.25, 0.3) is 0 Å². The molecule has 0 aromatic heterocycles. The number of aliphatic carboxylic acids is 1. The Labute approximate surface area is 309 Å². The van der Waals surface area contributed by atoms with E-state index >= 15 is 0 Å². The molecule has 2 heterocycles. The van der Waals surface area contributed by atoms with Gasteiger partial charge in [0, 0.05) is 53.9 Å². The summed E-state index contributed by atoms with van der Waals surface area (Å²) >= 11 is 0. The van der Waals surface area contributed by atoms with Gasteiger partial charge in [-0.3, -0.25) is 4.79 Å². The minimum absolute atomic E-state index is 0. The number of nitrogens with zero attached hydrogens (tertiary/aromatic N) is 2. The van der Waals surface area contributed by atoms with E-state index in [1.54, 1.807) is 0 Å². The Bertz CT molecular complexity index is 2010. The van der Waals surface area contributed by atoms with Crippen LogP contribution in [0.15, 0.2) is 121 Å². The van der Waals surface area contributed by atoms with Crippen LogP contribution >= 0.6 is 0 Å². The third kappa shape index (κ3) is 7.05.